The first kappa shape index (κ1) is 29.9. The van der Waals surface area contributed by atoms with Crippen LogP contribution in [0.25, 0.3) is 22.4 Å². The van der Waals surface area contributed by atoms with Gasteiger partial charge in [0.15, 0.2) is 0 Å². The number of fused-ring (bicyclic) bond motifs is 1. The summed E-state index contributed by atoms with van der Waals surface area (Å²) in [6.07, 6.45) is -10.4. The number of aromatic nitrogens is 1. The predicted molar refractivity (Wildman–Crippen MR) is 133 cm³/mol. The van der Waals surface area contributed by atoms with Crippen LogP contribution >= 0.6 is 0 Å². The molecule has 0 spiro atoms. The van der Waals surface area contributed by atoms with E-state index in [4.69, 9.17) is 0 Å². The summed E-state index contributed by atoms with van der Waals surface area (Å²) < 4.78 is 83.0. The molecule has 41 heavy (non-hydrogen) atoms. The van der Waals surface area contributed by atoms with Crippen LogP contribution in [0.2, 0.25) is 0 Å². The molecule has 1 amide bonds. The minimum atomic E-state index is -5.37. The zero-order valence-electron chi connectivity index (χ0n) is 21.8. The van der Waals surface area contributed by atoms with Crippen molar-refractivity contribution in [3.8, 4) is 28.1 Å². The van der Waals surface area contributed by atoms with Gasteiger partial charge in [-0.1, -0.05) is 36.4 Å². The van der Waals surface area contributed by atoms with E-state index in [1.165, 1.54) is 22.8 Å². The lowest BCUT2D eigenvalue weighted by Crippen LogP contribution is -2.46. The topological polar surface area (TPSA) is 84.2 Å². The van der Waals surface area contributed by atoms with E-state index in [0.29, 0.717) is 17.8 Å². The van der Waals surface area contributed by atoms with Crippen molar-refractivity contribution in [2.75, 3.05) is 27.2 Å². The summed E-state index contributed by atoms with van der Waals surface area (Å²) in [4.78, 5) is 31.1. The van der Waals surface area contributed by atoms with Crippen molar-refractivity contribution in [2.24, 2.45) is 0 Å². The Morgan fingerprint density at radius 2 is 1.71 bits per heavy atom. The molecule has 0 aliphatic carbocycles. The molecule has 0 bridgehead atoms. The fourth-order valence-electron chi connectivity index (χ4n) is 4.66. The highest BCUT2D eigenvalue weighted by Crippen LogP contribution is 2.42. The van der Waals surface area contributed by atoms with Crippen LogP contribution in [0, 0.1) is 0 Å². The maximum absolute atomic E-state index is 13.3. The highest BCUT2D eigenvalue weighted by atomic mass is 19.4. The minimum absolute atomic E-state index is 0.0442. The van der Waals surface area contributed by atoms with Crippen molar-refractivity contribution in [3.05, 3.63) is 65.9 Å². The standard InChI is InChI=1S/C27H25F6N3O5/c1-34(2)14-16-6-8-17(9-7-16)23-21(18-4-3-5-20(12-18)40-27(31,32)33)13-22-24(38)35(41-25(39)26(28,29)30)15-19(10-11-37)36(22)23/h3-9,12-13,19,37H,10-11,14-15H2,1-2H3. The molecule has 2 heterocycles. The van der Waals surface area contributed by atoms with Gasteiger partial charge in [-0.2, -0.15) is 18.2 Å². The van der Waals surface area contributed by atoms with E-state index in [2.05, 4.69) is 9.57 Å². The number of halogens is 6. The van der Waals surface area contributed by atoms with Gasteiger partial charge in [-0.05, 0) is 55.4 Å². The maximum atomic E-state index is 13.3. The molecule has 8 nitrogen and oxygen atoms in total. The first-order valence-electron chi connectivity index (χ1n) is 12.2. The Kier molecular flexibility index (Phi) is 8.36. The average Bonchev–Trinajstić information content (AvgIpc) is 3.27. The predicted octanol–water partition coefficient (Wildman–Crippen LogP) is 5.18. The van der Waals surface area contributed by atoms with E-state index in [1.54, 1.807) is 12.1 Å². The summed E-state index contributed by atoms with van der Waals surface area (Å²) >= 11 is 0. The minimum Gasteiger partial charge on any atom is -0.406 e. The quantitative estimate of drug-likeness (QED) is 0.367. The van der Waals surface area contributed by atoms with Crippen molar-refractivity contribution in [3.63, 3.8) is 0 Å². The van der Waals surface area contributed by atoms with Crippen LogP contribution in [-0.4, -0.2) is 71.3 Å². The summed E-state index contributed by atoms with van der Waals surface area (Å²) in [7, 11) is 3.77. The third-order valence-corrected chi connectivity index (χ3v) is 6.22. The summed E-state index contributed by atoms with van der Waals surface area (Å²) in [6.45, 7) is -0.324. The van der Waals surface area contributed by atoms with Gasteiger partial charge < -0.3 is 24.1 Å². The molecule has 0 fully saturated rings. The number of benzene rings is 2. The molecule has 220 valence electrons. The van der Waals surface area contributed by atoms with E-state index < -0.39 is 49.4 Å². The van der Waals surface area contributed by atoms with Crippen LogP contribution in [0.15, 0.2) is 54.6 Å². The molecule has 0 saturated carbocycles. The molecule has 0 saturated heterocycles. The lowest BCUT2D eigenvalue weighted by atomic mass is 9.99. The Labute approximate surface area is 230 Å². The smallest absolute Gasteiger partial charge is 0.406 e. The zero-order valence-corrected chi connectivity index (χ0v) is 21.8. The number of hydroxylamine groups is 2. The third-order valence-electron chi connectivity index (χ3n) is 6.22. The monoisotopic (exact) mass is 585 g/mol. The van der Waals surface area contributed by atoms with Crippen molar-refractivity contribution in [1.82, 2.24) is 14.5 Å². The molecule has 1 unspecified atom stereocenters. The Morgan fingerprint density at radius 1 is 1.02 bits per heavy atom. The fourth-order valence-corrected chi connectivity index (χ4v) is 4.66. The molecule has 1 aromatic heterocycles. The van der Waals surface area contributed by atoms with Crippen molar-refractivity contribution < 1.29 is 50.6 Å². The SMILES string of the molecule is CN(C)Cc1ccc(-c2c(-c3cccc(OC(F)(F)F)c3)cc3n2C(CCO)CN(OC(=O)C(F)(F)F)C3=O)cc1. The van der Waals surface area contributed by atoms with Crippen molar-refractivity contribution in [2.45, 2.75) is 31.5 Å². The molecule has 0 radical (unpaired) electrons. The molecular formula is C27H25F6N3O5. The van der Waals surface area contributed by atoms with Gasteiger partial charge in [0.1, 0.15) is 11.4 Å². The number of hydrogen-bond acceptors (Lipinski definition) is 6. The summed E-state index contributed by atoms with van der Waals surface area (Å²) in [6, 6.07) is 12.6. The molecule has 14 heteroatoms. The van der Waals surface area contributed by atoms with E-state index in [0.717, 1.165) is 17.7 Å². The first-order valence-corrected chi connectivity index (χ1v) is 12.2. The second-order valence-corrected chi connectivity index (χ2v) is 9.58. The lowest BCUT2D eigenvalue weighted by Gasteiger charge is -2.34. The van der Waals surface area contributed by atoms with E-state index in [1.807, 2.05) is 31.1 Å². The van der Waals surface area contributed by atoms with E-state index in [-0.39, 0.29) is 28.3 Å². The summed E-state index contributed by atoms with van der Waals surface area (Å²) in [5.41, 5.74) is 2.17. The van der Waals surface area contributed by atoms with E-state index in [9.17, 15) is 41.0 Å². The van der Waals surface area contributed by atoms with Gasteiger partial charge in [0.25, 0.3) is 0 Å². The first-order chi connectivity index (χ1) is 19.2. The average molecular weight is 586 g/mol. The van der Waals surface area contributed by atoms with Gasteiger partial charge >= 0.3 is 24.4 Å². The van der Waals surface area contributed by atoms with Crippen LogP contribution < -0.4 is 4.74 Å². The molecule has 1 aliphatic heterocycles. The van der Waals surface area contributed by atoms with Crippen LogP contribution in [0.1, 0.15) is 28.5 Å². The largest absolute Gasteiger partial charge is 0.573 e. The number of aliphatic hydroxyl groups excluding tert-OH is 1. The third kappa shape index (κ3) is 6.82. The van der Waals surface area contributed by atoms with Gasteiger partial charge in [-0.15, -0.1) is 13.2 Å². The number of aliphatic hydroxyl groups is 1. The number of ether oxygens (including phenoxy) is 1. The number of alkyl halides is 6. The van der Waals surface area contributed by atoms with Crippen molar-refractivity contribution in [1.29, 1.82) is 0 Å². The molecule has 3 aromatic rings. The van der Waals surface area contributed by atoms with Crippen LogP contribution in [0.5, 0.6) is 5.75 Å². The van der Waals surface area contributed by atoms with Gasteiger partial charge in [0.2, 0.25) is 0 Å². The second-order valence-electron chi connectivity index (χ2n) is 9.58. The van der Waals surface area contributed by atoms with Gasteiger partial charge in [-0.3, -0.25) is 4.79 Å². The van der Waals surface area contributed by atoms with Gasteiger partial charge in [0.05, 0.1) is 18.3 Å². The molecule has 1 aliphatic rings. The fraction of sp³-hybridized carbons (Fsp3) is 0.333. The number of rotatable bonds is 8. The van der Waals surface area contributed by atoms with Crippen molar-refractivity contribution >= 4 is 11.9 Å². The number of nitrogens with zero attached hydrogens (tertiary/aromatic N) is 3. The maximum Gasteiger partial charge on any atom is 0.573 e. The van der Waals surface area contributed by atoms with Gasteiger partial charge in [0, 0.05) is 18.7 Å². The zero-order chi connectivity index (χ0) is 30.1. The summed E-state index contributed by atoms with van der Waals surface area (Å²) in [5, 5.41) is 10.0. The van der Waals surface area contributed by atoms with E-state index >= 15 is 0 Å². The Balaban J connectivity index is 1.89. The molecule has 2 aromatic carbocycles. The lowest BCUT2D eigenvalue weighted by molar-refractivity contribution is -0.274. The molecule has 1 N–H and O–H groups in total. The highest BCUT2D eigenvalue weighted by Gasteiger charge is 2.45. The Hall–Kier alpha value is -4.04. The number of carbonyl (C=O) groups is 2. The Bertz CT molecular complexity index is 1420. The highest BCUT2D eigenvalue weighted by molar-refractivity contribution is 5.99. The Morgan fingerprint density at radius 3 is 2.29 bits per heavy atom. The molecule has 1 atom stereocenters. The van der Waals surface area contributed by atoms with Gasteiger partial charge in [-0.25, -0.2) is 4.79 Å². The number of hydrogen-bond donors (Lipinski definition) is 1. The molecule has 4 rings (SSSR count). The van der Waals surface area contributed by atoms with Crippen LogP contribution in [0.4, 0.5) is 26.3 Å². The number of carbonyl (C=O) groups excluding carboxylic acids is 2. The summed E-state index contributed by atoms with van der Waals surface area (Å²) in [5.74, 6) is -4.19. The molecular weight excluding hydrogens is 560 g/mol. The number of amides is 1. The second kappa shape index (κ2) is 11.4. The normalized spacial score (nSPS) is 15.7. The van der Waals surface area contributed by atoms with Crippen LogP contribution in [0.3, 0.4) is 0 Å². The van der Waals surface area contributed by atoms with Crippen LogP contribution in [-0.2, 0) is 16.2 Å².